The molecule has 52 valence electrons. The van der Waals surface area contributed by atoms with Crippen LogP contribution in [0.15, 0.2) is 0 Å². The van der Waals surface area contributed by atoms with Gasteiger partial charge in [0.1, 0.15) is 0 Å². The van der Waals surface area contributed by atoms with E-state index in [0.29, 0.717) is 0 Å². The molecule has 0 rings (SSSR count). The second-order valence-electron chi connectivity index (χ2n) is 1.35. The molecular weight excluding hydrogens is 130 g/mol. The minimum Gasteiger partial charge on any atom is -0.547 e. The largest absolute Gasteiger partial charge is 0.547 e. The van der Waals surface area contributed by atoms with Crippen molar-refractivity contribution in [2.45, 2.75) is 6.10 Å². The van der Waals surface area contributed by atoms with E-state index in [9.17, 15) is 20.0 Å². The Balaban J connectivity index is 3.63. The van der Waals surface area contributed by atoms with Crippen molar-refractivity contribution in [3.05, 3.63) is 10.1 Å². The van der Waals surface area contributed by atoms with Crippen molar-refractivity contribution in [3.63, 3.8) is 0 Å². The van der Waals surface area contributed by atoms with Crippen LogP contribution in [0.4, 0.5) is 0 Å². The van der Waals surface area contributed by atoms with Crippen LogP contribution in [0.2, 0.25) is 0 Å². The fourth-order valence-corrected chi connectivity index (χ4v) is 0.216. The van der Waals surface area contributed by atoms with Gasteiger partial charge in [-0.2, -0.15) is 0 Å². The number of carboxylic acid groups (broad SMARTS) is 1. The number of aliphatic hydroxyl groups excluding tert-OH is 1. The highest BCUT2D eigenvalue weighted by Crippen LogP contribution is 1.79. The third kappa shape index (κ3) is 3.42. The van der Waals surface area contributed by atoms with Gasteiger partial charge in [0.15, 0.2) is 6.10 Å². The van der Waals surface area contributed by atoms with E-state index in [0.717, 1.165) is 0 Å². The van der Waals surface area contributed by atoms with Gasteiger partial charge in [-0.25, -0.2) is 0 Å². The predicted octanol–water partition coefficient (Wildman–Crippen LogP) is -2.63. The lowest BCUT2D eigenvalue weighted by Gasteiger charge is -2.04. The number of hydrogen-bond acceptors (Lipinski definition) is 5. The van der Waals surface area contributed by atoms with Crippen molar-refractivity contribution in [1.82, 2.24) is 0 Å². The van der Waals surface area contributed by atoms with E-state index in [2.05, 4.69) is 0 Å². The number of hydrogen-bond donors (Lipinski definition) is 1. The summed E-state index contributed by atoms with van der Waals surface area (Å²) in [6.07, 6.45) is -2.00. The van der Waals surface area contributed by atoms with E-state index in [1.54, 1.807) is 0 Å². The van der Waals surface area contributed by atoms with Crippen molar-refractivity contribution in [3.8, 4) is 0 Å². The molecule has 9 heavy (non-hydrogen) atoms. The van der Waals surface area contributed by atoms with Gasteiger partial charge in [0.25, 0.3) is 0 Å². The number of carbonyl (C=O) groups is 1. The van der Waals surface area contributed by atoms with Crippen molar-refractivity contribution < 1.29 is 19.9 Å². The van der Waals surface area contributed by atoms with Crippen LogP contribution >= 0.6 is 0 Å². The normalized spacial score (nSPS) is 12.6. The van der Waals surface area contributed by atoms with E-state index in [-0.39, 0.29) is 0 Å². The fraction of sp³-hybridized carbons (Fsp3) is 0.667. The zero-order chi connectivity index (χ0) is 7.44. The van der Waals surface area contributed by atoms with Gasteiger partial charge in [-0.15, -0.1) is 0 Å². The van der Waals surface area contributed by atoms with E-state index in [4.69, 9.17) is 5.11 Å². The van der Waals surface area contributed by atoms with Crippen molar-refractivity contribution >= 4 is 5.97 Å². The molecule has 1 atom stereocenters. The minimum atomic E-state index is -2.00. The monoisotopic (exact) mass is 134 g/mol. The highest BCUT2D eigenvalue weighted by molar-refractivity contribution is 5.69. The molecule has 0 aliphatic carbocycles. The third-order valence-electron chi connectivity index (χ3n) is 0.594. The molecule has 6 heteroatoms. The first-order chi connectivity index (χ1) is 4.04. The van der Waals surface area contributed by atoms with Gasteiger partial charge in [-0.3, -0.25) is 10.1 Å². The molecule has 0 saturated carbocycles. The number of carbonyl (C=O) groups excluding carboxylic acids is 1. The quantitative estimate of drug-likeness (QED) is 0.336. The van der Waals surface area contributed by atoms with Crippen LogP contribution in [0.25, 0.3) is 0 Å². The number of carboxylic acids is 1. The van der Waals surface area contributed by atoms with Crippen molar-refractivity contribution in [2.24, 2.45) is 0 Å². The first-order valence-corrected chi connectivity index (χ1v) is 2.04. The summed E-state index contributed by atoms with van der Waals surface area (Å²) in [6.45, 7) is -1.01. The van der Waals surface area contributed by atoms with Gasteiger partial charge in [-0.1, -0.05) is 0 Å². The standard InChI is InChI=1S/C3H5NO5/c5-2(3(6)7)1-4(8)9/h2,5H,1H2,(H,6,7)/p-1/t2-/m1/s1. The maximum atomic E-state index is 9.57. The summed E-state index contributed by atoms with van der Waals surface area (Å²) in [7, 11) is 0. The Morgan fingerprint density at radius 2 is 2.22 bits per heavy atom. The van der Waals surface area contributed by atoms with Crippen LogP contribution in [0.3, 0.4) is 0 Å². The van der Waals surface area contributed by atoms with E-state index < -0.39 is 23.5 Å². The highest BCUT2D eigenvalue weighted by atomic mass is 16.6. The summed E-state index contributed by atoms with van der Waals surface area (Å²) < 4.78 is 0. The molecule has 0 saturated heterocycles. The number of nitrogens with zero attached hydrogens (tertiary/aromatic N) is 1. The molecule has 0 heterocycles. The average molecular weight is 134 g/mol. The molecule has 0 aromatic rings. The van der Waals surface area contributed by atoms with Gasteiger partial charge >= 0.3 is 0 Å². The van der Waals surface area contributed by atoms with Gasteiger partial charge in [0, 0.05) is 4.92 Å². The Morgan fingerprint density at radius 1 is 1.78 bits per heavy atom. The highest BCUT2D eigenvalue weighted by Gasteiger charge is 2.10. The summed E-state index contributed by atoms with van der Waals surface area (Å²) in [6, 6.07) is 0. The lowest BCUT2D eigenvalue weighted by atomic mass is 10.4. The second-order valence-corrected chi connectivity index (χ2v) is 1.35. The molecule has 0 unspecified atom stereocenters. The van der Waals surface area contributed by atoms with E-state index in [1.807, 2.05) is 0 Å². The molecule has 0 spiro atoms. The van der Waals surface area contributed by atoms with Crippen LogP contribution in [-0.2, 0) is 4.79 Å². The number of rotatable bonds is 3. The first-order valence-electron chi connectivity index (χ1n) is 2.04. The minimum absolute atomic E-state index is 0.930. The lowest BCUT2D eigenvalue weighted by molar-refractivity contribution is -0.491. The summed E-state index contributed by atoms with van der Waals surface area (Å²) in [5.74, 6) is -1.83. The molecule has 6 nitrogen and oxygen atoms in total. The second kappa shape index (κ2) is 2.98. The molecule has 0 aliphatic rings. The zero-order valence-corrected chi connectivity index (χ0v) is 4.31. The van der Waals surface area contributed by atoms with Gasteiger partial charge in [0.05, 0.1) is 5.97 Å². The average Bonchev–Trinajstić information content (AvgIpc) is 1.63. The molecule has 0 bridgehead atoms. The zero-order valence-electron chi connectivity index (χ0n) is 4.31. The summed E-state index contributed by atoms with van der Waals surface area (Å²) >= 11 is 0. The number of aliphatic carboxylic acids is 1. The SMILES string of the molecule is O=C([O-])[C@H](O)C[N+](=O)[O-]. The Labute approximate surface area is 49.9 Å². The van der Waals surface area contributed by atoms with Crippen LogP contribution < -0.4 is 5.11 Å². The molecule has 0 aromatic carbocycles. The van der Waals surface area contributed by atoms with E-state index in [1.165, 1.54) is 0 Å². The van der Waals surface area contributed by atoms with Crippen LogP contribution in [0, 0.1) is 10.1 Å². The third-order valence-corrected chi connectivity index (χ3v) is 0.594. The van der Waals surface area contributed by atoms with Crippen LogP contribution in [0.1, 0.15) is 0 Å². The molecule has 0 fully saturated rings. The van der Waals surface area contributed by atoms with Gasteiger partial charge < -0.3 is 15.0 Å². The topological polar surface area (TPSA) is 104 Å². The van der Waals surface area contributed by atoms with Gasteiger partial charge in [-0.05, 0) is 0 Å². The maximum Gasteiger partial charge on any atom is 0.234 e. The number of nitro groups is 1. The molecule has 0 amide bonds. The first kappa shape index (κ1) is 7.83. The summed E-state index contributed by atoms with van der Waals surface area (Å²) in [5.41, 5.74) is 0. The summed E-state index contributed by atoms with van der Waals surface area (Å²) in [5, 5.41) is 27.2. The van der Waals surface area contributed by atoms with Crippen molar-refractivity contribution in [2.75, 3.05) is 6.54 Å². The fourth-order valence-electron chi connectivity index (χ4n) is 0.216. The Hall–Kier alpha value is -1.17. The van der Waals surface area contributed by atoms with Crippen molar-refractivity contribution in [1.29, 1.82) is 0 Å². The summed E-state index contributed by atoms with van der Waals surface area (Å²) in [4.78, 5) is 18.1. The lowest BCUT2D eigenvalue weighted by Crippen LogP contribution is -2.39. The Kier molecular flexibility index (Phi) is 2.59. The smallest absolute Gasteiger partial charge is 0.234 e. The maximum absolute atomic E-state index is 9.57. The van der Waals surface area contributed by atoms with Crippen LogP contribution in [0.5, 0.6) is 0 Å². The molecule has 1 N–H and O–H groups in total. The predicted molar refractivity (Wildman–Crippen MR) is 22.9 cm³/mol. The van der Waals surface area contributed by atoms with Crippen LogP contribution in [-0.4, -0.2) is 28.6 Å². The van der Waals surface area contributed by atoms with E-state index >= 15 is 0 Å². The Bertz CT molecular complexity index is 132. The molecule has 0 radical (unpaired) electrons. The Morgan fingerprint density at radius 3 is 2.33 bits per heavy atom. The van der Waals surface area contributed by atoms with Gasteiger partial charge in [0.2, 0.25) is 6.54 Å². The number of aliphatic hydroxyl groups is 1. The molecule has 0 aliphatic heterocycles. The molecule has 0 aromatic heterocycles. The molecular formula is C3H4NO5-.